The number of imide groups is 1. The number of fused-ring (bicyclic) bond motifs is 1. The average molecular weight is 584 g/mol. The lowest BCUT2D eigenvalue weighted by atomic mass is 9.86. The largest absolute Gasteiger partial charge is 0.493 e. The molecule has 12 heteroatoms. The molecule has 3 aromatic carbocycles. The van der Waals surface area contributed by atoms with Gasteiger partial charge in [-0.15, -0.1) is 0 Å². The van der Waals surface area contributed by atoms with Gasteiger partial charge in [-0.1, -0.05) is 52.5 Å². The minimum Gasteiger partial charge on any atom is -0.493 e. The molecule has 0 aliphatic carbocycles. The standard InChI is InChI=1S/C25H15Cl4FN2O5/c1-36-13-8-3-10(9-14(13)37-2)21-22(25(35)31(21)12-6-4-11(30)5-7-12)32-23(33)15-16(24(32)34)18(27)20(29)19(28)17(15)26/h3-9,21-22H,1-2H3/t21-,22-/m1/s1. The van der Waals surface area contributed by atoms with Crippen molar-refractivity contribution in [1.29, 1.82) is 0 Å². The van der Waals surface area contributed by atoms with E-state index < -0.39 is 35.6 Å². The van der Waals surface area contributed by atoms with E-state index in [4.69, 9.17) is 55.9 Å². The van der Waals surface area contributed by atoms with Crippen LogP contribution in [0, 0.1) is 5.82 Å². The fourth-order valence-corrected chi connectivity index (χ4v) is 5.62. The third-order valence-corrected chi connectivity index (χ3v) is 8.13. The summed E-state index contributed by atoms with van der Waals surface area (Å²) in [4.78, 5) is 42.7. The Morgan fingerprint density at radius 3 is 1.76 bits per heavy atom. The van der Waals surface area contributed by atoms with Crippen LogP contribution in [0.4, 0.5) is 10.1 Å². The van der Waals surface area contributed by atoms with Gasteiger partial charge in [0.05, 0.1) is 51.5 Å². The number of nitrogens with zero attached hydrogens (tertiary/aromatic N) is 2. The zero-order chi connectivity index (χ0) is 26.8. The van der Waals surface area contributed by atoms with Gasteiger partial charge < -0.3 is 14.4 Å². The van der Waals surface area contributed by atoms with E-state index in [1.807, 2.05) is 0 Å². The summed E-state index contributed by atoms with van der Waals surface area (Å²) in [5.41, 5.74) is 0.424. The van der Waals surface area contributed by atoms with Crippen molar-refractivity contribution in [3.63, 3.8) is 0 Å². The lowest BCUT2D eigenvalue weighted by Gasteiger charge is -2.49. The molecule has 0 radical (unpaired) electrons. The molecular formula is C25H15Cl4FN2O5. The van der Waals surface area contributed by atoms with Crippen LogP contribution in [-0.2, 0) is 4.79 Å². The van der Waals surface area contributed by atoms with Crippen LogP contribution in [0.3, 0.4) is 0 Å². The molecule has 0 bridgehead atoms. The van der Waals surface area contributed by atoms with Gasteiger partial charge in [0.1, 0.15) is 11.9 Å². The fraction of sp³-hybridized carbons (Fsp3) is 0.160. The Balaban J connectivity index is 1.65. The number of anilines is 1. The summed E-state index contributed by atoms with van der Waals surface area (Å²) in [5, 5.41) is -0.840. The lowest BCUT2D eigenvalue weighted by molar-refractivity contribution is -0.130. The van der Waals surface area contributed by atoms with Crippen LogP contribution in [0.2, 0.25) is 20.1 Å². The first-order valence-corrected chi connectivity index (χ1v) is 12.2. The Hall–Kier alpha value is -3.04. The number of carbonyl (C=O) groups is 3. The highest BCUT2D eigenvalue weighted by Gasteiger charge is 2.58. The molecule has 3 amide bonds. The van der Waals surface area contributed by atoms with Crippen LogP contribution in [0.25, 0.3) is 0 Å². The van der Waals surface area contributed by atoms with Gasteiger partial charge in [0.2, 0.25) is 0 Å². The van der Waals surface area contributed by atoms with Crippen molar-refractivity contribution in [2.45, 2.75) is 12.1 Å². The van der Waals surface area contributed by atoms with Gasteiger partial charge >= 0.3 is 0 Å². The molecular weight excluding hydrogens is 569 g/mol. The Kier molecular flexibility index (Phi) is 6.48. The maximum absolute atomic E-state index is 13.6. The maximum Gasteiger partial charge on any atom is 0.264 e. The Morgan fingerprint density at radius 2 is 1.24 bits per heavy atom. The molecule has 2 heterocycles. The first-order valence-electron chi connectivity index (χ1n) is 10.7. The summed E-state index contributed by atoms with van der Waals surface area (Å²) in [6.07, 6.45) is 0. The van der Waals surface area contributed by atoms with E-state index in [-0.39, 0.29) is 31.2 Å². The van der Waals surface area contributed by atoms with Crippen molar-refractivity contribution in [2.75, 3.05) is 19.1 Å². The molecule has 1 fully saturated rings. The molecule has 2 atom stereocenters. The number of amides is 3. The van der Waals surface area contributed by atoms with Gasteiger partial charge in [-0.05, 0) is 42.0 Å². The average Bonchev–Trinajstić information content (AvgIpc) is 3.15. The monoisotopic (exact) mass is 582 g/mol. The molecule has 1 saturated heterocycles. The highest BCUT2D eigenvalue weighted by atomic mass is 35.5. The van der Waals surface area contributed by atoms with E-state index in [0.717, 1.165) is 4.90 Å². The second kappa shape index (κ2) is 9.36. The van der Waals surface area contributed by atoms with Crippen molar-refractivity contribution in [2.24, 2.45) is 0 Å². The molecule has 0 saturated carbocycles. The van der Waals surface area contributed by atoms with Crippen LogP contribution in [0.5, 0.6) is 11.5 Å². The predicted octanol–water partition coefficient (Wildman–Crippen LogP) is 6.21. The van der Waals surface area contributed by atoms with Gasteiger partial charge in [0.15, 0.2) is 11.5 Å². The van der Waals surface area contributed by atoms with E-state index in [1.54, 1.807) is 18.2 Å². The molecule has 0 unspecified atom stereocenters. The summed E-state index contributed by atoms with van der Waals surface area (Å²) in [5.74, 6) is -1.95. The van der Waals surface area contributed by atoms with Gasteiger partial charge in [-0.3, -0.25) is 19.3 Å². The van der Waals surface area contributed by atoms with E-state index >= 15 is 0 Å². The highest BCUT2D eigenvalue weighted by molar-refractivity contribution is 6.55. The summed E-state index contributed by atoms with van der Waals surface area (Å²) in [6, 6.07) is 8.05. The molecule has 3 aromatic rings. The smallest absolute Gasteiger partial charge is 0.264 e. The summed E-state index contributed by atoms with van der Waals surface area (Å²) in [6.45, 7) is 0. The first-order chi connectivity index (χ1) is 17.6. The number of ether oxygens (including phenoxy) is 2. The topological polar surface area (TPSA) is 76.2 Å². The van der Waals surface area contributed by atoms with Gasteiger partial charge in [-0.25, -0.2) is 4.39 Å². The predicted molar refractivity (Wildman–Crippen MR) is 137 cm³/mol. The van der Waals surface area contributed by atoms with Crippen molar-refractivity contribution in [3.05, 3.63) is 85.1 Å². The van der Waals surface area contributed by atoms with E-state index in [9.17, 15) is 18.8 Å². The van der Waals surface area contributed by atoms with Crippen molar-refractivity contribution >= 4 is 69.8 Å². The molecule has 2 aliphatic heterocycles. The molecule has 0 N–H and O–H groups in total. The number of hydrogen-bond donors (Lipinski definition) is 0. The number of benzene rings is 3. The Bertz CT molecular complexity index is 1450. The van der Waals surface area contributed by atoms with Crippen molar-refractivity contribution in [1.82, 2.24) is 4.90 Å². The number of carbonyl (C=O) groups excluding carboxylic acids is 3. The van der Waals surface area contributed by atoms with Gasteiger partial charge in [-0.2, -0.15) is 0 Å². The number of β-lactam (4-membered cyclic amide) rings is 1. The van der Waals surface area contributed by atoms with E-state index in [2.05, 4.69) is 0 Å². The summed E-state index contributed by atoms with van der Waals surface area (Å²) < 4.78 is 24.3. The number of methoxy groups -OCH3 is 2. The van der Waals surface area contributed by atoms with Crippen LogP contribution in [-0.4, -0.2) is 42.9 Å². The Morgan fingerprint density at radius 1 is 0.703 bits per heavy atom. The van der Waals surface area contributed by atoms with Gasteiger partial charge in [0.25, 0.3) is 17.7 Å². The second-order valence-corrected chi connectivity index (χ2v) is 9.69. The quantitative estimate of drug-likeness (QED) is 0.154. The van der Waals surface area contributed by atoms with Crippen molar-refractivity contribution < 1.29 is 28.2 Å². The van der Waals surface area contributed by atoms with E-state index in [1.165, 1.54) is 43.4 Å². The SMILES string of the molecule is COc1ccc([C@@H]2[C@@H](N3C(=O)c4c(Cl)c(Cl)c(Cl)c(Cl)c4C3=O)C(=O)N2c2ccc(F)cc2)cc1OC. The zero-order valence-electron chi connectivity index (χ0n) is 19.0. The minimum absolute atomic E-state index is 0.181. The van der Waals surface area contributed by atoms with Crippen molar-refractivity contribution in [3.8, 4) is 11.5 Å². The fourth-order valence-electron chi connectivity index (χ4n) is 4.60. The normalized spacial score (nSPS) is 18.7. The molecule has 5 rings (SSSR count). The second-order valence-electron chi connectivity index (χ2n) is 8.17. The number of rotatable bonds is 5. The molecule has 0 spiro atoms. The van der Waals surface area contributed by atoms with Crippen LogP contribution >= 0.6 is 46.4 Å². The third kappa shape index (κ3) is 3.74. The van der Waals surface area contributed by atoms with E-state index in [0.29, 0.717) is 22.7 Å². The van der Waals surface area contributed by atoms with Gasteiger partial charge in [0, 0.05) is 5.69 Å². The van der Waals surface area contributed by atoms with Crippen LogP contribution in [0.1, 0.15) is 32.3 Å². The highest BCUT2D eigenvalue weighted by Crippen LogP contribution is 2.49. The third-order valence-electron chi connectivity index (χ3n) is 6.33. The number of hydrogen-bond acceptors (Lipinski definition) is 5. The summed E-state index contributed by atoms with van der Waals surface area (Å²) in [7, 11) is 2.92. The maximum atomic E-state index is 13.6. The van der Waals surface area contributed by atoms with Crippen LogP contribution in [0.15, 0.2) is 42.5 Å². The Labute approximate surface area is 230 Å². The minimum atomic E-state index is -1.28. The molecule has 37 heavy (non-hydrogen) atoms. The van der Waals surface area contributed by atoms with Crippen LogP contribution < -0.4 is 14.4 Å². The molecule has 7 nitrogen and oxygen atoms in total. The molecule has 2 aliphatic rings. The molecule has 0 aromatic heterocycles. The lowest BCUT2D eigenvalue weighted by Crippen LogP contribution is -2.67. The molecule has 190 valence electrons. The first kappa shape index (κ1) is 25.6. The number of halogens is 5. The zero-order valence-corrected chi connectivity index (χ0v) is 22.0. The summed E-state index contributed by atoms with van der Waals surface area (Å²) >= 11 is 24.8.